The molecular formula is C16H18ClNO3. The molecule has 1 rings (SSSR count). The summed E-state index contributed by atoms with van der Waals surface area (Å²) in [5, 5.41) is -0.772. The van der Waals surface area contributed by atoms with Gasteiger partial charge in [0, 0.05) is 0 Å². The second-order valence-corrected chi connectivity index (χ2v) is 5.91. The second-order valence-electron chi connectivity index (χ2n) is 5.38. The zero-order valence-corrected chi connectivity index (χ0v) is 13.1. The number of alkyl halides is 1. The SMILES string of the molecule is C#CC(Cl)CC(=O)N(C(=O)OC(C)(C)C)c1ccccc1. The van der Waals surface area contributed by atoms with Crippen molar-refractivity contribution in [2.75, 3.05) is 4.90 Å². The average Bonchev–Trinajstić information content (AvgIpc) is 2.37. The fourth-order valence-electron chi connectivity index (χ4n) is 1.54. The molecule has 1 aromatic carbocycles. The molecule has 5 heteroatoms. The van der Waals surface area contributed by atoms with Crippen LogP contribution in [0.15, 0.2) is 30.3 Å². The van der Waals surface area contributed by atoms with Gasteiger partial charge in [-0.15, -0.1) is 18.0 Å². The summed E-state index contributed by atoms with van der Waals surface area (Å²) in [7, 11) is 0. The third kappa shape index (κ3) is 5.49. The second kappa shape index (κ2) is 7.14. The Balaban J connectivity index is 3.04. The molecule has 112 valence electrons. The minimum atomic E-state index is -0.772. The van der Waals surface area contributed by atoms with Crippen LogP contribution in [-0.4, -0.2) is 23.0 Å². The van der Waals surface area contributed by atoms with Crippen LogP contribution in [-0.2, 0) is 9.53 Å². The highest BCUT2D eigenvalue weighted by atomic mass is 35.5. The van der Waals surface area contributed by atoms with E-state index in [-0.39, 0.29) is 6.42 Å². The number of anilines is 1. The molecule has 0 aliphatic carbocycles. The van der Waals surface area contributed by atoms with Crippen LogP contribution in [0.3, 0.4) is 0 Å². The quantitative estimate of drug-likeness (QED) is 0.633. The number of ether oxygens (including phenoxy) is 1. The molecule has 4 nitrogen and oxygen atoms in total. The van der Waals surface area contributed by atoms with Crippen LogP contribution in [0.1, 0.15) is 27.2 Å². The van der Waals surface area contributed by atoms with Gasteiger partial charge in [0.25, 0.3) is 0 Å². The number of hydrogen-bond acceptors (Lipinski definition) is 3. The smallest absolute Gasteiger partial charge is 0.421 e. The molecule has 0 fully saturated rings. The Morgan fingerprint density at radius 2 is 1.90 bits per heavy atom. The van der Waals surface area contributed by atoms with Crippen molar-refractivity contribution in [2.45, 2.75) is 38.2 Å². The van der Waals surface area contributed by atoms with Crippen LogP contribution >= 0.6 is 11.6 Å². The van der Waals surface area contributed by atoms with Gasteiger partial charge in [-0.25, -0.2) is 9.69 Å². The summed E-state index contributed by atoms with van der Waals surface area (Å²) in [6.45, 7) is 5.18. The number of carbonyl (C=O) groups is 2. The molecule has 1 aromatic rings. The van der Waals surface area contributed by atoms with E-state index in [0.717, 1.165) is 4.90 Å². The molecule has 0 saturated carbocycles. The van der Waals surface area contributed by atoms with Gasteiger partial charge in [0.1, 0.15) is 11.0 Å². The molecule has 0 spiro atoms. The molecule has 0 heterocycles. The first-order chi connectivity index (χ1) is 9.74. The molecule has 1 unspecified atom stereocenters. The van der Waals surface area contributed by atoms with Gasteiger partial charge in [-0.1, -0.05) is 24.1 Å². The lowest BCUT2D eigenvalue weighted by Crippen LogP contribution is -2.41. The molecule has 0 aliphatic heterocycles. The van der Waals surface area contributed by atoms with E-state index in [1.54, 1.807) is 51.1 Å². The first-order valence-electron chi connectivity index (χ1n) is 6.46. The van der Waals surface area contributed by atoms with E-state index in [9.17, 15) is 9.59 Å². The normalized spacial score (nSPS) is 12.1. The molecule has 0 aliphatic rings. The number of imide groups is 1. The van der Waals surface area contributed by atoms with Crippen molar-refractivity contribution in [3.05, 3.63) is 30.3 Å². The van der Waals surface area contributed by atoms with E-state index in [2.05, 4.69) is 5.92 Å². The van der Waals surface area contributed by atoms with E-state index in [4.69, 9.17) is 22.8 Å². The molecule has 21 heavy (non-hydrogen) atoms. The summed E-state index contributed by atoms with van der Waals surface area (Å²) >= 11 is 5.79. The van der Waals surface area contributed by atoms with Crippen LogP contribution in [0.5, 0.6) is 0 Å². The van der Waals surface area contributed by atoms with Gasteiger partial charge in [0.05, 0.1) is 12.1 Å². The maximum atomic E-state index is 12.3. The summed E-state index contributed by atoms with van der Waals surface area (Å²) < 4.78 is 5.26. The Morgan fingerprint density at radius 3 is 2.38 bits per heavy atom. The van der Waals surface area contributed by atoms with E-state index >= 15 is 0 Å². The number of terminal acetylenes is 1. The monoisotopic (exact) mass is 307 g/mol. The van der Waals surface area contributed by atoms with Crippen molar-refractivity contribution in [1.82, 2.24) is 0 Å². The number of benzene rings is 1. The maximum absolute atomic E-state index is 12.3. The Hall–Kier alpha value is -1.99. The minimum Gasteiger partial charge on any atom is -0.443 e. The van der Waals surface area contributed by atoms with E-state index in [1.165, 1.54) is 0 Å². The van der Waals surface area contributed by atoms with Crippen molar-refractivity contribution >= 4 is 29.3 Å². The zero-order valence-electron chi connectivity index (χ0n) is 12.3. The van der Waals surface area contributed by atoms with E-state index in [0.29, 0.717) is 5.69 Å². The van der Waals surface area contributed by atoms with Crippen molar-refractivity contribution in [2.24, 2.45) is 0 Å². The number of halogens is 1. The van der Waals surface area contributed by atoms with Crippen LogP contribution < -0.4 is 4.90 Å². The predicted molar refractivity (Wildman–Crippen MR) is 83.3 cm³/mol. The van der Waals surface area contributed by atoms with Crippen LogP contribution in [0, 0.1) is 12.3 Å². The highest BCUT2D eigenvalue weighted by molar-refractivity contribution is 6.25. The van der Waals surface area contributed by atoms with Crippen molar-refractivity contribution in [1.29, 1.82) is 0 Å². The molecule has 0 radical (unpaired) electrons. The Morgan fingerprint density at radius 1 is 1.33 bits per heavy atom. The van der Waals surface area contributed by atoms with Crippen LogP contribution in [0.2, 0.25) is 0 Å². The number of rotatable bonds is 3. The Labute approximate surface area is 130 Å². The first-order valence-corrected chi connectivity index (χ1v) is 6.89. The number of nitrogens with zero attached hydrogens (tertiary/aromatic N) is 1. The summed E-state index contributed by atoms with van der Waals surface area (Å²) in [6.07, 6.45) is 4.27. The standard InChI is InChI=1S/C16H18ClNO3/c1-5-12(17)11-14(19)18(13-9-7-6-8-10-13)15(20)21-16(2,3)4/h1,6-10,12H,11H2,2-4H3. The van der Waals surface area contributed by atoms with Gasteiger partial charge in [-0.05, 0) is 32.9 Å². The van der Waals surface area contributed by atoms with E-state index in [1.807, 2.05) is 0 Å². The fourth-order valence-corrected chi connectivity index (χ4v) is 1.67. The molecule has 0 aromatic heterocycles. The molecular weight excluding hydrogens is 290 g/mol. The van der Waals surface area contributed by atoms with Gasteiger partial charge in [0.15, 0.2) is 0 Å². The van der Waals surface area contributed by atoms with Crippen molar-refractivity contribution < 1.29 is 14.3 Å². The Kier molecular flexibility index (Phi) is 5.80. The highest BCUT2D eigenvalue weighted by Gasteiger charge is 2.29. The molecule has 0 saturated heterocycles. The van der Waals surface area contributed by atoms with Crippen molar-refractivity contribution in [3.8, 4) is 12.3 Å². The predicted octanol–water partition coefficient (Wildman–Crippen LogP) is 3.59. The lowest BCUT2D eigenvalue weighted by atomic mass is 10.2. The molecule has 1 atom stereocenters. The van der Waals surface area contributed by atoms with Gasteiger partial charge in [0.2, 0.25) is 5.91 Å². The number of amides is 2. The highest BCUT2D eigenvalue weighted by Crippen LogP contribution is 2.20. The minimum absolute atomic E-state index is 0.147. The molecule has 0 N–H and O–H groups in total. The van der Waals surface area contributed by atoms with Gasteiger partial charge in [-0.2, -0.15) is 0 Å². The third-order valence-corrected chi connectivity index (χ3v) is 2.65. The van der Waals surface area contributed by atoms with E-state index < -0.39 is 23.0 Å². The maximum Gasteiger partial charge on any atom is 0.421 e. The topological polar surface area (TPSA) is 46.6 Å². The number of carbonyl (C=O) groups excluding carboxylic acids is 2. The average molecular weight is 308 g/mol. The summed E-state index contributed by atoms with van der Waals surface area (Å²) in [5.74, 6) is 1.75. The van der Waals surface area contributed by atoms with Gasteiger partial charge < -0.3 is 4.74 Å². The molecule has 0 bridgehead atoms. The van der Waals surface area contributed by atoms with Crippen LogP contribution in [0.4, 0.5) is 10.5 Å². The largest absolute Gasteiger partial charge is 0.443 e. The lowest BCUT2D eigenvalue weighted by molar-refractivity contribution is -0.118. The summed E-state index contributed by atoms with van der Waals surface area (Å²) in [4.78, 5) is 25.5. The van der Waals surface area contributed by atoms with Crippen LogP contribution in [0.25, 0.3) is 0 Å². The Bertz CT molecular complexity index is 543. The number of para-hydroxylation sites is 1. The lowest BCUT2D eigenvalue weighted by Gasteiger charge is -2.26. The fraction of sp³-hybridized carbons (Fsp3) is 0.375. The zero-order chi connectivity index (χ0) is 16.0. The molecule has 2 amide bonds. The summed E-state index contributed by atoms with van der Waals surface area (Å²) in [6, 6.07) is 8.51. The first kappa shape index (κ1) is 17.1. The summed E-state index contributed by atoms with van der Waals surface area (Å²) in [5.41, 5.74) is -0.297. The van der Waals surface area contributed by atoms with Crippen molar-refractivity contribution in [3.63, 3.8) is 0 Å². The third-order valence-electron chi connectivity index (χ3n) is 2.37. The number of hydrogen-bond donors (Lipinski definition) is 0. The van der Waals surface area contributed by atoms with Gasteiger partial charge >= 0.3 is 6.09 Å². The van der Waals surface area contributed by atoms with Gasteiger partial charge in [-0.3, -0.25) is 4.79 Å².